The van der Waals surface area contributed by atoms with Crippen molar-refractivity contribution in [2.24, 2.45) is 0 Å². The molecule has 24 heavy (non-hydrogen) atoms. The summed E-state index contributed by atoms with van der Waals surface area (Å²) < 4.78 is 22.5. The van der Waals surface area contributed by atoms with Crippen molar-refractivity contribution < 1.29 is 8.42 Å². The minimum absolute atomic E-state index is 0.291. The van der Waals surface area contributed by atoms with Crippen LogP contribution in [-0.2, 0) is 16.4 Å². The third-order valence-corrected chi connectivity index (χ3v) is 5.74. The van der Waals surface area contributed by atoms with Gasteiger partial charge in [-0.15, -0.1) is 0 Å². The number of rotatable bonds is 6. The summed E-state index contributed by atoms with van der Waals surface area (Å²) in [5, 5.41) is 0. The molecule has 0 aliphatic carbocycles. The lowest BCUT2D eigenvalue weighted by Gasteiger charge is -2.35. The molecule has 0 bridgehead atoms. The number of sulfone groups is 1. The van der Waals surface area contributed by atoms with Gasteiger partial charge in [0.05, 0.1) is 0 Å². The Hall–Kier alpha value is -1.65. The van der Waals surface area contributed by atoms with Crippen molar-refractivity contribution in [1.82, 2.24) is 4.90 Å². The highest BCUT2D eigenvalue weighted by molar-refractivity contribution is 7.90. The van der Waals surface area contributed by atoms with Crippen LogP contribution in [0.25, 0.3) is 0 Å². The number of fused-ring (bicyclic) bond motifs is 1. The molecule has 0 aromatic heterocycles. The van der Waals surface area contributed by atoms with Crippen LogP contribution in [0.15, 0.2) is 54.6 Å². The largest absolute Gasteiger partial charge is 0.298 e. The van der Waals surface area contributed by atoms with Crippen LogP contribution in [0.2, 0.25) is 0 Å². The molecule has 0 unspecified atom stereocenters. The predicted octanol–water partition coefficient (Wildman–Crippen LogP) is 3.46. The van der Waals surface area contributed by atoms with E-state index in [2.05, 4.69) is 59.5 Å². The second-order valence-electron chi connectivity index (χ2n) is 6.73. The number of hydrogen-bond donors (Lipinski definition) is 0. The third-order valence-electron chi connectivity index (χ3n) is 4.71. The SMILES string of the molecule is CS(=O)(=O)CCCCN1Cc2ccccc2[C@@H](c2ccccc2)C1. The lowest BCUT2D eigenvalue weighted by Crippen LogP contribution is -2.34. The zero-order valence-corrected chi connectivity index (χ0v) is 15.0. The predicted molar refractivity (Wildman–Crippen MR) is 98.9 cm³/mol. The minimum atomic E-state index is -2.85. The van der Waals surface area contributed by atoms with Crippen LogP contribution in [0.3, 0.4) is 0 Å². The quantitative estimate of drug-likeness (QED) is 0.754. The number of benzene rings is 2. The van der Waals surface area contributed by atoms with E-state index in [4.69, 9.17) is 0 Å². The molecule has 1 heterocycles. The molecule has 1 atom stereocenters. The number of hydrogen-bond acceptors (Lipinski definition) is 3. The van der Waals surface area contributed by atoms with Crippen LogP contribution >= 0.6 is 0 Å². The van der Waals surface area contributed by atoms with Crippen LogP contribution in [0.4, 0.5) is 0 Å². The van der Waals surface area contributed by atoms with Gasteiger partial charge in [-0.25, -0.2) is 8.42 Å². The van der Waals surface area contributed by atoms with Crippen molar-refractivity contribution in [1.29, 1.82) is 0 Å². The van der Waals surface area contributed by atoms with Gasteiger partial charge in [-0.2, -0.15) is 0 Å². The summed E-state index contributed by atoms with van der Waals surface area (Å²) in [5.74, 6) is 0.686. The lowest BCUT2D eigenvalue weighted by atomic mass is 9.84. The molecule has 1 aliphatic heterocycles. The average molecular weight is 343 g/mol. The Kier molecular flexibility index (Phi) is 5.36. The van der Waals surface area contributed by atoms with Crippen LogP contribution in [0.1, 0.15) is 35.4 Å². The van der Waals surface area contributed by atoms with E-state index in [1.807, 2.05) is 0 Å². The van der Waals surface area contributed by atoms with Gasteiger partial charge in [0.1, 0.15) is 9.84 Å². The van der Waals surface area contributed by atoms with Crippen molar-refractivity contribution in [3.05, 3.63) is 71.3 Å². The van der Waals surface area contributed by atoms with Crippen LogP contribution in [0.5, 0.6) is 0 Å². The van der Waals surface area contributed by atoms with Crippen molar-refractivity contribution >= 4 is 9.84 Å². The van der Waals surface area contributed by atoms with Crippen LogP contribution < -0.4 is 0 Å². The maximum absolute atomic E-state index is 11.3. The zero-order chi connectivity index (χ0) is 17.0. The Morgan fingerprint density at radius 2 is 1.71 bits per heavy atom. The monoisotopic (exact) mass is 343 g/mol. The molecule has 0 saturated carbocycles. The zero-order valence-electron chi connectivity index (χ0n) is 14.2. The topological polar surface area (TPSA) is 37.4 Å². The molecule has 3 rings (SSSR count). The Bertz CT molecular complexity index is 771. The van der Waals surface area contributed by atoms with Gasteiger partial charge in [0.15, 0.2) is 0 Å². The molecular weight excluding hydrogens is 318 g/mol. The van der Waals surface area contributed by atoms with E-state index in [0.717, 1.165) is 32.5 Å². The van der Waals surface area contributed by atoms with E-state index in [1.54, 1.807) is 0 Å². The Balaban J connectivity index is 1.71. The fourth-order valence-electron chi connectivity index (χ4n) is 3.52. The molecule has 0 fully saturated rings. The summed E-state index contributed by atoms with van der Waals surface area (Å²) in [6, 6.07) is 19.4. The number of unbranched alkanes of at least 4 members (excludes halogenated alkanes) is 1. The number of nitrogens with zero attached hydrogens (tertiary/aromatic N) is 1. The van der Waals surface area contributed by atoms with Gasteiger partial charge in [0, 0.05) is 31.0 Å². The average Bonchev–Trinajstić information content (AvgIpc) is 2.58. The molecule has 3 nitrogen and oxygen atoms in total. The fourth-order valence-corrected chi connectivity index (χ4v) is 4.25. The highest BCUT2D eigenvalue weighted by Gasteiger charge is 2.25. The molecule has 0 amide bonds. The van der Waals surface area contributed by atoms with Crippen molar-refractivity contribution in [3.8, 4) is 0 Å². The first-order valence-electron chi connectivity index (χ1n) is 8.56. The summed E-state index contributed by atoms with van der Waals surface area (Å²) in [5.41, 5.74) is 4.17. The molecule has 0 spiro atoms. The maximum Gasteiger partial charge on any atom is 0.147 e. The summed E-state index contributed by atoms with van der Waals surface area (Å²) in [6.07, 6.45) is 2.99. The van der Waals surface area contributed by atoms with E-state index in [-0.39, 0.29) is 0 Å². The Morgan fingerprint density at radius 1 is 1.00 bits per heavy atom. The standard InChI is InChI=1S/C20H25NO2S/c1-24(22,23)14-8-7-13-21-15-18-11-5-6-12-19(18)20(16-21)17-9-3-2-4-10-17/h2-6,9-12,20H,7-8,13-16H2,1H3/t20-/m1/s1. The van der Waals surface area contributed by atoms with Gasteiger partial charge in [0.25, 0.3) is 0 Å². The fraction of sp³-hybridized carbons (Fsp3) is 0.400. The first-order chi connectivity index (χ1) is 11.5. The van der Waals surface area contributed by atoms with Gasteiger partial charge < -0.3 is 0 Å². The van der Waals surface area contributed by atoms with Gasteiger partial charge in [-0.05, 0) is 36.1 Å². The molecule has 0 N–H and O–H groups in total. The molecule has 1 aliphatic rings. The second kappa shape index (κ2) is 7.49. The highest BCUT2D eigenvalue weighted by atomic mass is 32.2. The Morgan fingerprint density at radius 3 is 2.46 bits per heavy atom. The normalized spacial score (nSPS) is 18.3. The molecule has 2 aromatic rings. The lowest BCUT2D eigenvalue weighted by molar-refractivity contribution is 0.237. The summed E-state index contributed by atoms with van der Waals surface area (Å²) in [6.45, 7) is 2.91. The molecular formula is C20H25NO2S. The summed E-state index contributed by atoms with van der Waals surface area (Å²) >= 11 is 0. The smallest absolute Gasteiger partial charge is 0.147 e. The summed E-state index contributed by atoms with van der Waals surface area (Å²) in [4.78, 5) is 2.46. The molecule has 4 heteroatoms. The molecule has 128 valence electrons. The van der Waals surface area contributed by atoms with Gasteiger partial charge in [-0.3, -0.25) is 4.90 Å². The maximum atomic E-state index is 11.3. The van der Waals surface area contributed by atoms with Crippen LogP contribution in [-0.4, -0.2) is 38.4 Å². The molecule has 2 aromatic carbocycles. The molecule has 0 saturated heterocycles. The van der Waals surface area contributed by atoms with E-state index in [0.29, 0.717) is 11.7 Å². The minimum Gasteiger partial charge on any atom is -0.298 e. The third kappa shape index (κ3) is 4.46. The first-order valence-corrected chi connectivity index (χ1v) is 10.6. The van der Waals surface area contributed by atoms with Gasteiger partial charge >= 0.3 is 0 Å². The van der Waals surface area contributed by atoms with Crippen LogP contribution in [0, 0.1) is 0 Å². The van der Waals surface area contributed by atoms with E-state index in [1.165, 1.54) is 22.9 Å². The van der Waals surface area contributed by atoms with Gasteiger partial charge in [0.2, 0.25) is 0 Å². The highest BCUT2D eigenvalue weighted by Crippen LogP contribution is 2.33. The molecule has 0 radical (unpaired) electrons. The second-order valence-corrected chi connectivity index (χ2v) is 8.99. The van der Waals surface area contributed by atoms with Crippen molar-refractivity contribution in [2.75, 3.05) is 25.1 Å². The van der Waals surface area contributed by atoms with Crippen molar-refractivity contribution in [2.45, 2.75) is 25.3 Å². The van der Waals surface area contributed by atoms with E-state index < -0.39 is 9.84 Å². The first kappa shape index (κ1) is 17.2. The van der Waals surface area contributed by atoms with E-state index >= 15 is 0 Å². The van der Waals surface area contributed by atoms with Crippen molar-refractivity contribution in [3.63, 3.8) is 0 Å². The Labute approximate surface area is 145 Å². The summed E-state index contributed by atoms with van der Waals surface area (Å²) in [7, 11) is -2.85. The van der Waals surface area contributed by atoms with Gasteiger partial charge in [-0.1, -0.05) is 54.6 Å². The van der Waals surface area contributed by atoms with E-state index in [9.17, 15) is 8.42 Å².